The first kappa shape index (κ1) is 8.97. The fraction of sp³-hybridized carbons (Fsp3) is 0.636. The maximum atomic E-state index is 3.39. The zero-order valence-electron chi connectivity index (χ0n) is 8.56. The van der Waals surface area contributed by atoms with Gasteiger partial charge in [0.25, 0.3) is 0 Å². The van der Waals surface area contributed by atoms with Gasteiger partial charge in [-0.25, -0.2) is 0 Å². The van der Waals surface area contributed by atoms with Gasteiger partial charge in [0.15, 0.2) is 0 Å². The van der Waals surface area contributed by atoms with Crippen molar-refractivity contribution < 1.29 is 0 Å². The molecular formula is C11H18N2. The Bertz CT molecular complexity index is 243. The Balaban J connectivity index is 1.85. The summed E-state index contributed by atoms with van der Waals surface area (Å²) < 4.78 is 0. The molecule has 2 rings (SSSR count). The molecule has 0 fully saturated rings. The van der Waals surface area contributed by atoms with E-state index in [0.29, 0.717) is 0 Å². The predicted molar refractivity (Wildman–Crippen MR) is 55.8 cm³/mol. The molecule has 2 heterocycles. The minimum Gasteiger partial charge on any atom is -0.309 e. The van der Waals surface area contributed by atoms with Crippen LogP contribution in [0.1, 0.15) is 13.8 Å². The Morgan fingerprint density at radius 3 is 2.46 bits per heavy atom. The average Bonchev–Trinajstić information content (AvgIpc) is 2.58. The van der Waals surface area contributed by atoms with E-state index in [0.717, 1.165) is 19.6 Å². The molecule has 2 aliphatic heterocycles. The quantitative estimate of drug-likeness (QED) is 0.638. The summed E-state index contributed by atoms with van der Waals surface area (Å²) in [6, 6.07) is 0. The number of rotatable bonds is 2. The van der Waals surface area contributed by atoms with Gasteiger partial charge in [-0.3, -0.25) is 4.90 Å². The Hall–Kier alpha value is -0.600. The van der Waals surface area contributed by atoms with Gasteiger partial charge in [-0.2, -0.15) is 0 Å². The maximum absolute atomic E-state index is 3.39. The van der Waals surface area contributed by atoms with Crippen molar-refractivity contribution in [1.29, 1.82) is 0 Å². The van der Waals surface area contributed by atoms with Gasteiger partial charge in [0.05, 0.1) is 0 Å². The Morgan fingerprint density at radius 1 is 1.31 bits per heavy atom. The fourth-order valence-electron chi connectivity index (χ4n) is 1.99. The molecule has 0 radical (unpaired) electrons. The lowest BCUT2D eigenvalue weighted by atomic mass is 10.2. The minimum atomic E-state index is 1.12. The Labute approximate surface area is 80.3 Å². The summed E-state index contributed by atoms with van der Waals surface area (Å²) in [6.45, 7) is 10.1. The highest BCUT2D eigenvalue weighted by Gasteiger charge is 2.23. The van der Waals surface area contributed by atoms with Gasteiger partial charge in [-0.05, 0) is 25.0 Å². The van der Waals surface area contributed by atoms with Crippen LogP contribution in [-0.4, -0.2) is 37.6 Å². The van der Waals surface area contributed by atoms with Crippen molar-refractivity contribution in [3.05, 3.63) is 22.8 Å². The van der Waals surface area contributed by atoms with Gasteiger partial charge >= 0.3 is 0 Å². The summed E-state index contributed by atoms with van der Waals surface area (Å²) in [5.74, 6) is 0. The minimum absolute atomic E-state index is 1.12. The number of allylic oxidation sites excluding steroid dienone is 1. The summed E-state index contributed by atoms with van der Waals surface area (Å²) in [7, 11) is 0. The van der Waals surface area contributed by atoms with Gasteiger partial charge < -0.3 is 5.32 Å². The second kappa shape index (κ2) is 3.64. The summed E-state index contributed by atoms with van der Waals surface area (Å²) in [5, 5.41) is 3.39. The molecule has 0 bridgehead atoms. The third-order valence-corrected chi connectivity index (χ3v) is 2.76. The van der Waals surface area contributed by atoms with Crippen LogP contribution in [0.2, 0.25) is 0 Å². The number of nitrogens with zero attached hydrogens (tertiary/aromatic N) is 1. The summed E-state index contributed by atoms with van der Waals surface area (Å²) in [5.41, 5.74) is 4.70. The highest BCUT2D eigenvalue weighted by Crippen LogP contribution is 2.19. The molecule has 2 aliphatic rings. The molecule has 13 heavy (non-hydrogen) atoms. The zero-order valence-corrected chi connectivity index (χ0v) is 8.56. The first-order valence-corrected chi connectivity index (χ1v) is 5.02. The molecule has 2 nitrogen and oxygen atoms in total. The molecule has 2 heteroatoms. The van der Waals surface area contributed by atoms with Crippen molar-refractivity contribution in [2.45, 2.75) is 13.8 Å². The first-order valence-electron chi connectivity index (χ1n) is 5.02. The SMILES string of the molecule is CC(C)=CCN1CC2=C(CNC2)C1. The molecule has 0 aromatic carbocycles. The lowest BCUT2D eigenvalue weighted by Crippen LogP contribution is -2.26. The molecule has 0 saturated heterocycles. The maximum Gasteiger partial charge on any atom is 0.0215 e. The standard InChI is InChI=1S/C11H18N2/c1-9(2)3-4-13-7-10-5-12-6-11(10)8-13/h3,12H,4-8H2,1-2H3. The highest BCUT2D eigenvalue weighted by molar-refractivity contribution is 5.30. The van der Waals surface area contributed by atoms with Crippen LogP contribution in [0.4, 0.5) is 0 Å². The molecular weight excluding hydrogens is 160 g/mol. The first-order chi connectivity index (χ1) is 6.25. The van der Waals surface area contributed by atoms with E-state index in [-0.39, 0.29) is 0 Å². The van der Waals surface area contributed by atoms with Crippen molar-refractivity contribution >= 4 is 0 Å². The van der Waals surface area contributed by atoms with E-state index in [1.165, 1.54) is 18.7 Å². The molecule has 0 aromatic rings. The van der Waals surface area contributed by atoms with Crippen molar-refractivity contribution in [3.63, 3.8) is 0 Å². The van der Waals surface area contributed by atoms with Crippen LogP contribution in [0.3, 0.4) is 0 Å². The van der Waals surface area contributed by atoms with Gasteiger partial charge in [-0.15, -0.1) is 0 Å². The Kier molecular flexibility index (Phi) is 2.51. The average molecular weight is 178 g/mol. The van der Waals surface area contributed by atoms with E-state index in [9.17, 15) is 0 Å². The molecule has 0 aliphatic carbocycles. The second-order valence-electron chi connectivity index (χ2n) is 4.26. The van der Waals surface area contributed by atoms with Crippen molar-refractivity contribution in [2.75, 3.05) is 32.7 Å². The molecule has 0 spiro atoms. The van der Waals surface area contributed by atoms with Crippen LogP contribution in [0.15, 0.2) is 22.8 Å². The van der Waals surface area contributed by atoms with Gasteiger partial charge in [0.2, 0.25) is 0 Å². The van der Waals surface area contributed by atoms with Crippen LogP contribution in [0.5, 0.6) is 0 Å². The Morgan fingerprint density at radius 2 is 1.92 bits per heavy atom. The van der Waals surface area contributed by atoms with Crippen LogP contribution >= 0.6 is 0 Å². The van der Waals surface area contributed by atoms with Crippen LogP contribution in [-0.2, 0) is 0 Å². The summed E-state index contributed by atoms with van der Waals surface area (Å²) >= 11 is 0. The number of hydrogen-bond donors (Lipinski definition) is 1. The molecule has 0 aromatic heterocycles. The third-order valence-electron chi connectivity index (χ3n) is 2.76. The van der Waals surface area contributed by atoms with E-state index in [1.807, 2.05) is 0 Å². The third kappa shape index (κ3) is 2.01. The molecule has 0 unspecified atom stereocenters. The van der Waals surface area contributed by atoms with Crippen molar-refractivity contribution in [1.82, 2.24) is 10.2 Å². The van der Waals surface area contributed by atoms with Crippen LogP contribution < -0.4 is 5.32 Å². The van der Waals surface area contributed by atoms with E-state index < -0.39 is 0 Å². The summed E-state index contributed by atoms with van der Waals surface area (Å²) in [4.78, 5) is 2.51. The molecule has 0 amide bonds. The molecule has 1 N–H and O–H groups in total. The highest BCUT2D eigenvalue weighted by atomic mass is 15.2. The zero-order chi connectivity index (χ0) is 9.26. The predicted octanol–water partition coefficient (Wildman–Crippen LogP) is 1.17. The van der Waals surface area contributed by atoms with Gasteiger partial charge in [0, 0.05) is 32.7 Å². The number of nitrogens with one attached hydrogen (secondary N) is 1. The summed E-state index contributed by atoms with van der Waals surface area (Å²) in [6.07, 6.45) is 2.32. The van der Waals surface area contributed by atoms with Gasteiger partial charge in [0.1, 0.15) is 0 Å². The fourth-order valence-corrected chi connectivity index (χ4v) is 1.99. The van der Waals surface area contributed by atoms with Crippen LogP contribution in [0.25, 0.3) is 0 Å². The van der Waals surface area contributed by atoms with Crippen molar-refractivity contribution in [2.24, 2.45) is 0 Å². The topological polar surface area (TPSA) is 15.3 Å². The lowest BCUT2D eigenvalue weighted by Gasteiger charge is -2.15. The normalized spacial score (nSPS) is 22.3. The second-order valence-corrected chi connectivity index (χ2v) is 4.26. The lowest BCUT2D eigenvalue weighted by molar-refractivity contribution is 0.374. The number of hydrogen-bond acceptors (Lipinski definition) is 2. The van der Waals surface area contributed by atoms with Crippen molar-refractivity contribution in [3.8, 4) is 0 Å². The van der Waals surface area contributed by atoms with E-state index >= 15 is 0 Å². The van der Waals surface area contributed by atoms with E-state index in [2.05, 4.69) is 30.1 Å². The molecule has 72 valence electrons. The van der Waals surface area contributed by atoms with E-state index in [4.69, 9.17) is 0 Å². The van der Waals surface area contributed by atoms with Crippen LogP contribution in [0, 0.1) is 0 Å². The monoisotopic (exact) mass is 178 g/mol. The molecule has 0 atom stereocenters. The van der Waals surface area contributed by atoms with E-state index in [1.54, 1.807) is 11.1 Å². The molecule has 0 saturated carbocycles. The smallest absolute Gasteiger partial charge is 0.0215 e. The van der Waals surface area contributed by atoms with Gasteiger partial charge in [-0.1, -0.05) is 11.6 Å². The largest absolute Gasteiger partial charge is 0.309 e.